The van der Waals surface area contributed by atoms with Gasteiger partial charge in [-0.1, -0.05) is 11.6 Å². The van der Waals surface area contributed by atoms with Crippen LogP contribution in [0.5, 0.6) is 0 Å². The Labute approximate surface area is 168 Å². The minimum Gasteiger partial charge on any atom is -0.372 e. The molecule has 9 nitrogen and oxygen atoms in total. The first-order chi connectivity index (χ1) is 14.1. The van der Waals surface area contributed by atoms with Crippen LogP contribution in [-0.4, -0.2) is 41.4 Å². The monoisotopic (exact) mass is 411 g/mol. The van der Waals surface area contributed by atoms with E-state index in [0.29, 0.717) is 39.4 Å². The molecule has 29 heavy (non-hydrogen) atoms. The van der Waals surface area contributed by atoms with E-state index in [2.05, 4.69) is 35.9 Å². The van der Waals surface area contributed by atoms with E-state index >= 15 is 4.39 Å². The summed E-state index contributed by atoms with van der Waals surface area (Å²) in [6, 6.07) is 1.73. The first kappa shape index (κ1) is 17.4. The predicted molar refractivity (Wildman–Crippen MR) is 109 cm³/mol. The third-order valence-corrected chi connectivity index (χ3v) is 5.07. The van der Waals surface area contributed by atoms with Crippen LogP contribution in [0.15, 0.2) is 37.1 Å². The Morgan fingerprint density at radius 1 is 1.24 bits per heavy atom. The van der Waals surface area contributed by atoms with Gasteiger partial charge in [-0.3, -0.25) is 14.8 Å². The number of nitrogens with one attached hydrogen (secondary N) is 3. The van der Waals surface area contributed by atoms with Crippen LogP contribution in [0.2, 0.25) is 5.02 Å². The van der Waals surface area contributed by atoms with E-state index in [1.54, 1.807) is 54.0 Å². The van der Waals surface area contributed by atoms with Crippen LogP contribution in [0, 0.1) is 5.82 Å². The normalized spacial score (nSPS) is 11.4. The van der Waals surface area contributed by atoms with Gasteiger partial charge in [0, 0.05) is 37.3 Å². The average molecular weight is 412 g/mol. The minimum atomic E-state index is -0.608. The highest BCUT2D eigenvalue weighted by molar-refractivity contribution is 6.36. The van der Waals surface area contributed by atoms with Gasteiger partial charge in [0.25, 0.3) is 0 Å². The molecule has 1 aromatic carbocycles. The zero-order valence-electron chi connectivity index (χ0n) is 15.4. The average Bonchev–Trinajstić information content (AvgIpc) is 3.44. The molecule has 0 bridgehead atoms. The minimum absolute atomic E-state index is 0.0515. The summed E-state index contributed by atoms with van der Waals surface area (Å²) in [5.41, 5.74) is 2.28. The number of imidazole rings is 1. The Hall–Kier alpha value is -3.66. The van der Waals surface area contributed by atoms with Gasteiger partial charge in [0.05, 0.1) is 41.0 Å². The molecular formula is C18H15ClFN9. The van der Waals surface area contributed by atoms with Crippen molar-refractivity contribution in [3.8, 4) is 11.3 Å². The smallest absolute Gasteiger partial charge is 0.168 e. The molecule has 3 N–H and O–H groups in total. The van der Waals surface area contributed by atoms with Crippen LogP contribution in [0.25, 0.3) is 27.8 Å². The Morgan fingerprint density at radius 3 is 2.86 bits per heavy atom. The van der Waals surface area contributed by atoms with Crippen LogP contribution in [0.1, 0.15) is 0 Å². The van der Waals surface area contributed by atoms with Gasteiger partial charge in [-0.15, -0.1) is 0 Å². The highest BCUT2D eigenvalue weighted by atomic mass is 35.5. The first-order valence-corrected chi connectivity index (χ1v) is 9.06. The number of rotatable bonds is 4. The molecule has 0 aliphatic carbocycles. The molecule has 146 valence electrons. The summed E-state index contributed by atoms with van der Waals surface area (Å²) in [5.74, 6) is 0.703. The number of hydrogen-bond acceptors (Lipinski definition) is 6. The highest BCUT2D eigenvalue weighted by Gasteiger charge is 2.23. The molecule has 0 aliphatic rings. The lowest BCUT2D eigenvalue weighted by Gasteiger charge is -2.13. The number of nitrogens with zero attached hydrogens (tertiary/aromatic N) is 6. The predicted octanol–water partition coefficient (Wildman–Crippen LogP) is 3.58. The van der Waals surface area contributed by atoms with Crippen molar-refractivity contribution in [2.24, 2.45) is 7.05 Å². The zero-order valence-corrected chi connectivity index (χ0v) is 16.2. The molecule has 0 radical (unpaired) electrons. The Morgan fingerprint density at radius 2 is 2.10 bits per heavy atom. The maximum atomic E-state index is 15.3. The lowest BCUT2D eigenvalue weighted by Crippen LogP contribution is -2.03. The number of aryl methyl sites for hydroxylation is 1. The molecule has 4 aromatic heterocycles. The largest absolute Gasteiger partial charge is 0.372 e. The molecule has 0 atom stereocenters. The van der Waals surface area contributed by atoms with E-state index < -0.39 is 5.82 Å². The molecule has 0 fully saturated rings. The van der Waals surface area contributed by atoms with Crippen molar-refractivity contribution < 1.29 is 4.39 Å². The first-order valence-electron chi connectivity index (χ1n) is 8.68. The molecule has 4 heterocycles. The van der Waals surface area contributed by atoms with Crippen LogP contribution < -0.4 is 10.6 Å². The third kappa shape index (κ3) is 2.68. The summed E-state index contributed by atoms with van der Waals surface area (Å²) < 4.78 is 18.7. The van der Waals surface area contributed by atoms with E-state index in [1.807, 2.05) is 6.20 Å². The Kier molecular flexibility index (Phi) is 3.88. The Balaban J connectivity index is 1.71. The van der Waals surface area contributed by atoms with Crippen LogP contribution in [-0.2, 0) is 7.05 Å². The van der Waals surface area contributed by atoms with Gasteiger partial charge in [-0.2, -0.15) is 10.2 Å². The number of aromatic nitrogens is 7. The van der Waals surface area contributed by atoms with Crippen molar-refractivity contribution in [3.63, 3.8) is 0 Å². The second-order valence-corrected chi connectivity index (χ2v) is 6.79. The maximum Gasteiger partial charge on any atom is 0.168 e. The number of benzene rings is 1. The van der Waals surface area contributed by atoms with Gasteiger partial charge in [0.2, 0.25) is 0 Å². The molecule has 0 unspecified atom stereocenters. The van der Waals surface area contributed by atoms with Gasteiger partial charge >= 0.3 is 0 Å². The van der Waals surface area contributed by atoms with E-state index in [-0.39, 0.29) is 10.7 Å². The van der Waals surface area contributed by atoms with Gasteiger partial charge in [-0.25, -0.2) is 9.37 Å². The van der Waals surface area contributed by atoms with E-state index in [4.69, 9.17) is 11.6 Å². The summed E-state index contributed by atoms with van der Waals surface area (Å²) in [6.07, 6.45) is 8.39. The summed E-state index contributed by atoms with van der Waals surface area (Å²) in [6.45, 7) is 0. The summed E-state index contributed by atoms with van der Waals surface area (Å²) in [4.78, 5) is 8.81. The number of hydrogen-bond donors (Lipinski definition) is 3. The molecular weight excluding hydrogens is 397 g/mol. The van der Waals surface area contributed by atoms with E-state index in [1.165, 1.54) is 0 Å². The topological polar surface area (TPSA) is 101 Å². The number of halogens is 2. The van der Waals surface area contributed by atoms with Gasteiger partial charge in [0.15, 0.2) is 11.5 Å². The summed E-state index contributed by atoms with van der Waals surface area (Å²) in [7, 11) is 3.54. The van der Waals surface area contributed by atoms with Crippen molar-refractivity contribution >= 4 is 45.5 Å². The van der Waals surface area contributed by atoms with Crippen molar-refractivity contribution in [3.05, 3.63) is 47.9 Å². The van der Waals surface area contributed by atoms with Crippen molar-refractivity contribution in [2.45, 2.75) is 0 Å². The van der Waals surface area contributed by atoms with Crippen molar-refractivity contribution in [1.82, 2.24) is 34.3 Å². The molecule has 0 aliphatic heterocycles. The molecule has 0 spiro atoms. The quantitative estimate of drug-likeness (QED) is 0.418. The molecule has 0 amide bonds. The second-order valence-electron chi connectivity index (χ2n) is 6.42. The zero-order chi connectivity index (χ0) is 20.1. The number of anilines is 3. The summed E-state index contributed by atoms with van der Waals surface area (Å²) >= 11 is 6.48. The standard InChI is InChI=1S/C18H15ClFN9/c1-21-11-8-29-7-10(22-6-13(29)25-11)14-9-5-23-27-17(9)18(16(20)15(14)19)26-12-3-4-24-28(12)2/h3-8,21,26H,1-2H3,(H,23,27). The fourth-order valence-electron chi connectivity index (χ4n) is 3.25. The SMILES string of the molecule is CNc1cn2cc(-c3c(Cl)c(F)c(Nc4ccnn4C)c4[nH]ncc34)ncc2n1. The fraction of sp³-hybridized carbons (Fsp3) is 0.111. The van der Waals surface area contributed by atoms with Crippen LogP contribution >= 0.6 is 11.6 Å². The molecule has 0 saturated heterocycles. The number of aromatic amines is 1. The van der Waals surface area contributed by atoms with E-state index in [0.717, 1.165) is 0 Å². The highest BCUT2D eigenvalue weighted by Crippen LogP contribution is 2.41. The van der Waals surface area contributed by atoms with Gasteiger partial charge < -0.3 is 15.0 Å². The van der Waals surface area contributed by atoms with E-state index in [9.17, 15) is 0 Å². The van der Waals surface area contributed by atoms with Crippen molar-refractivity contribution in [1.29, 1.82) is 0 Å². The lowest BCUT2D eigenvalue weighted by molar-refractivity contribution is 0.633. The third-order valence-electron chi connectivity index (χ3n) is 4.72. The van der Waals surface area contributed by atoms with Gasteiger partial charge in [0.1, 0.15) is 17.3 Å². The molecule has 5 aromatic rings. The van der Waals surface area contributed by atoms with Crippen LogP contribution in [0.4, 0.5) is 21.7 Å². The van der Waals surface area contributed by atoms with Crippen molar-refractivity contribution in [2.75, 3.05) is 17.7 Å². The molecule has 0 saturated carbocycles. The fourth-order valence-corrected chi connectivity index (χ4v) is 3.55. The summed E-state index contributed by atoms with van der Waals surface area (Å²) in [5, 5.41) is 17.6. The Bertz CT molecular complexity index is 1370. The van der Waals surface area contributed by atoms with Gasteiger partial charge in [-0.05, 0) is 0 Å². The molecule has 5 rings (SSSR count). The second kappa shape index (κ2) is 6.45. The lowest BCUT2D eigenvalue weighted by atomic mass is 10.1. The van der Waals surface area contributed by atoms with Crippen LogP contribution in [0.3, 0.4) is 0 Å². The number of fused-ring (bicyclic) bond motifs is 2. The molecule has 11 heteroatoms. The maximum absolute atomic E-state index is 15.3. The number of H-pyrrole nitrogens is 1.